The lowest BCUT2D eigenvalue weighted by atomic mass is 10.2. The molecule has 2 rings (SSSR count). The van der Waals surface area contributed by atoms with Crippen molar-refractivity contribution in [1.29, 1.82) is 0 Å². The van der Waals surface area contributed by atoms with Crippen molar-refractivity contribution in [3.8, 4) is 5.75 Å². The zero-order valence-corrected chi connectivity index (χ0v) is 10.5. The molecule has 1 aromatic carbocycles. The minimum Gasteiger partial charge on any atom is -0.508 e. The van der Waals surface area contributed by atoms with E-state index < -0.39 is 0 Å². The van der Waals surface area contributed by atoms with Gasteiger partial charge in [-0.15, -0.1) is 11.3 Å². The minimum absolute atomic E-state index is 0.237. The third-order valence-electron chi connectivity index (χ3n) is 2.23. The van der Waals surface area contributed by atoms with E-state index in [2.05, 4.69) is 10.1 Å². The molecular formula is C12H13N3OS. The molecule has 1 N–H and O–H groups in total. The van der Waals surface area contributed by atoms with Crippen LogP contribution >= 0.6 is 11.3 Å². The molecule has 0 amide bonds. The third-order valence-corrected chi connectivity index (χ3v) is 3.26. The van der Waals surface area contributed by atoms with E-state index in [-0.39, 0.29) is 5.75 Å². The highest BCUT2D eigenvalue weighted by Gasteiger charge is 1.97. The number of nitrogens with zero attached hydrogens (tertiary/aromatic N) is 3. The fraction of sp³-hybridized carbons (Fsp3) is 0.167. The smallest absolute Gasteiger partial charge is 0.205 e. The Balaban J connectivity index is 2.35. The second-order valence-electron chi connectivity index (χ2n) is 3.53. The fourth-order valence-electron chi connectivity index (χ4n) is 1.41. The average molecular weight is 247 g/mol. The minimum atomic E-state index is 0.237. The van der Waals surface area contributed by atoms with Crippen LogP contribution < -0.4 is 4.80 Å². The van der Waals surface area contributed by atoms with Crippen LogP contribution in [-0.2, 0) is 0 Å². The number of aromatic hydroxyl groups is 1. The summed E-state index contributed by atoms with van der Waals surface area (Å²) in [6.45, 7) is 1.98. The van der Waals surface area contributed by atoms with Crippen LogP contribution in [0.4, 0.5) is 0 Å². The Labute approximate surface area is 103 Å². The highest BCUT2D eigenvalue weighted by Crippen LogP contribution is 2.09. The first-order chi connectivity index (χ1) is 8.20. The molecule has 0 aliphatic heterocycles. The largest absolute Gasteiger partial charge is 0.508 e. The van der Waals surface area contributed by atoms with E-state index in [1.54, 1.807) is 47.5 Å². The van der Waals surface area contributed by atoms with Gasteiger partial charge in [0, 0.05) is 12.4 Å². The zero-order valence-electron chi connectivity index (χ0n) is 9.66. The highest BCUT2D eigenvalue weighted by molar-refractivity contribution is 7.07. The number of thiazole rings is 1. The third kappa shape index (κ3) is 2.62. The molecule has 2 aromatic rings. The van der Waals surface area contributed by atoms with Crippen molar-refractivity contribution in [2.75, 3.05) is 7.05 Å². The molecule has 0 saturated carbocycles. The summed E-state index contributed by atoms with van der Waals surface area (Å²) in [5, 5.41) is 15.7. The lowest BCUT2D eigenvalue weighted by Crippen LogP contribution is -2.11. The number of hydrogen-bond donors (Lipinski definition) is 1. The van der Waals surface area contributed by atoms with Crippen LogP contribution in [0, 0.1) is 6.92 Å². The van der Waals surface area contributed by atoms with Crippen molar-refractivity contribution in [3.05, 3.63) is 45.7 Å². The standard InChI is InChI=1S/C12H13N3OS/c1-9-8-17-12(13-2)15(9)14-7-10-4-3-5-11(16)6-10/h3-8,16H,1-2H3. The molecule has 0 bridgehead atoms. The number of aryl methyl sites for hydroxylation is 1. The van der Waals surface area contributed by atoms with E-state index in [0.29, 0.717) is 0 Å². The van der Waals surface area contributed by atoms with Gasteiger partial charge in [0.2, 0.25) is 4.80 Å². The van der Waals surface area contributed by atoms with Gasteiger partial charge in [0.1, 0.15) is 5.75 Å². The summed E-state index contributed by atoms with van der Waals surface area (Å²) in [5.74, 6) is 0.237. The van der Waals surface area contributed by atoms with Crippen LogP contribution in [-0.4, -0.2) is 23.0 Å². The van der Waals surface area contributed by atoms with Crippen molar-refractivity contribution < 1.29 is 5.11 Å². The molecule has 0 aliphatic carbocycles. The fourth-order valence-corrected chi connectivity index (χ4v) is 2.18. The van der Waals surface area contributed by atoms with Gasteiger partial charge < -0.3 is 5.11 Å². The summed E-state index contributed by atoms with van der Waals surface area (Å²) in [4.78, 5) is 4.99. The molecule has 1 aromatic heterocycles. The Bertz CT molecular complexity index is 610. The molecule has 0 aliphatic rings. The maximum atomic E-state index is 9.34. The van der Waals surface area contributed by atoms with E-state index in [1.807, 2.05) is 18.4 Å². The first kappa shape index (κ1) is 11.6. The lowest BCUT2D eigenvalue weighted by Gasteiger charge is -1.97. The molecule has 1 heterocycles. The van der Waals surface area contributed by atoms with E-state index in [9.17, 15) is 5.11 Å². The second-order valence-corrected chi connectivity index (χ2v) is 4.37. The average Bonchev–Trinajstić information content (AvgIpc) is 2.67. The first-order valence-electron chi connectivity index (χ1n) is 5.14. The molecule has 88 valence electrons. The van der Waals surface area contributed by atoms with Gasteiger partial charge in [-0.1, -0.05) is 12.1 Å². The van der Waals surface area contributed by atoms with Crippen LogP contribution in [0.5, 0.6) is 5.75 Å². The van der Waals surface area contributed by atoms with Gasteiger partial charge in [-0.3, -0.25) is 4.99 Å². The van der Waals surface area contributed by atoms with Gasteiger partial charge in [0.15, 0.2) is 0 Å². The van der Waals surface area contributed by atoms with Crippen LogP contribution in [0.1, 0.15) is 11.3 Å². The molecule has 0 saturated heterocycles. The van der Waals surface area contributed by atoms with Crippen LogP contribution in [0.25, 0.3) is 0 Å². The van der Waals surface area contributed by atoms with Gasteiger partial charge in [-0.2, -0.15) is 5.10 Å². The van der Waals surface area contributed by atoms with Crippen LogP contribution in [0.2, 0.25) is 0 Å². The summed E-state index contributed by atoms with van der Waals surface area (Å²) in [6.07, 6.45) is 1.70. The van der Waals surface area contributed by atoms with Crippen molar-refractivity contribution in [3.63, 3.8) is 0 Å². The Morgan fingerprint density at radius 3 is 2.94 bits per heavy atom. The monoisotopic (exact) mass is 247 g/mol. The van der Waals surface area contributed by atoms with Gasteiger partial charge in [-0.25, -0.2) is 4.68 Å². The lowest BCUT2D eigenvalue weighted by molar-refractivity contribution is 0.475. The maximum Gasteiger partial charge on any atom is 0.205 e. The first-order valence-corrected chi connectivity index (χ1v) is 6.02. The summed E-state index contributed by atoms with van der Waals surface area (Å²) >= 11 is 1.55. The van der Waals surface area contributed by atoms with E-state index in [0.717, 1.165) is 16.1 Å². The van der Waals surface area contributed by atoms with Gasteiger partial charge in [0.25, 0.3) is 0 Å². The van der Waals surface area contributed by atoms with Crippen LogP contribution in [0.3, 0.4) is 0 Å². The van der Waals surface area contributed by atoms with Gasteiger partial charge >= 0.3 is 0 Å². The maximum absolute atomic E-state index is 9.34. The molecule has 5 heteroatoms. The number of aromatic nitrogens is 1. The van der Waals surface area contributed by atoms with Gasteiger partial charge in [-0.05, 0) is 24.6 Å². The van der Waals surface area contributed by atoms with E-state index in [4.69, 9.17) is 0 Å². The number of hydrogen-bond acceptors (Lipinski definition) is 4. The number of rotatable bonds is 2. The van der Waals surface area contributed by atoms with E-state index >= 15 is 0 Å². The number of phenolic OH excluding ortho intramolecular Hbond substituents is 1. The predicted molar refractivity (Wildman–Crippen MR) is 69.6 cm³/mol. The number of phenols is 1. The zero-order chi connectivity index (χ0) is 12.3. The molecule has 0 radical (unpaired) electrons. The summed E-state index contributed by atoms with van der Waals surface area (Å²) in [6, 6.07) is 6.96. The Hall–Kier alpha value is -1.88. The SMILES string of the molecule is CN=c1scc(C)n1N=Cc1cccc(O)c1. The summed E-state index contributed by atoms with van der Waals surface area (Å²) < 4.78 is 1.77. The molecule has 0 spiro atoms. The normalized spacial score (nSPS) is 12.5. The topological polar surface area (TPSA) is 49.9 Å². The Morgan fingerprint density at radius 2 is 2.24 bits per heavy atom. The molecule has 17 heavy (non-hydrogen) atoms. The van der Waals surface area contributed by atoms with Gasteiger partial charge in [0.05, 0.1) is 11.9 Å². The number of benzene rings is 1. The van der Waals surface area contributed by atoms with Crippen molar-refractivity contribution in [1.82, 2.24) is 4.68 Å². The van der Waals surface area contributed by atoms with Crippen molar-refractivity contribution >= 4 is 17.6 Å². The second kappa shape index (κ2) is 4.97. The molecular weight excluding hydrogens is 234 g/mol. The van der Waals surface area contributed by atoms with Crippen molar-refractivity contribution in [2.45, 2.75) is 6.92 Å². The Morgan fingerprint density at radius 1 is 1.41 bits per heavy atom. The van der Waals surface area contributed by atoms with Crippen molar-refractivity contribution in [2.24, 2.45) is 10.1 Å². The summed E-state index contributed by atoms with van der Waals surface area (Å²) in [5.41, 5.74) is 1.89. The van der Waals surface area contributed by atoms with Crippen LogP contribution in [0.15, 0.2) is 39.7 Å². The molecule has 0 atom stereocenters. The molecule has 0 unspecified atom stereocenters. The molecule has 4 nitrogen and oxygen atoms in total. The predicted octanol–water partition coefficient (Wildman–Crippen LogP) is 1.98. The molecule has 0 fully saturated rings. The quantitative estimate of drug-likeness (QED) is 0.810. The Kier molecular flexibility index (Phi) is 3.39. The highest BCUT2D eigenvalue weighted by atomic mass is 32.1. The summed E-state index contributed by atoms with van der Waals surface area (Å²) in [7, 11) is 1.74. The van der Waals surface area contributed by atoms with E-state index in [1.165, 1.54) is 0 Å².